The van der Waals surface area contributed by atoms with Crippen LogP contribution in [0.5, 0.6) is 0 Å². The number of carbonyl (C=O) groups excluding carboxylic acids is 1. The van der Waals surface area contributed by atoms with E-state index in [2.05, 4.69) is 10.2 Å². The van der Waals surface area contributed by atoms with Crippen LogP contribution < -0.4 is 5.32 Å². The van der Waals surface area contributed by atoms with Crippen molar-refractivity contribution >= 4 is 5.91 Å². The summed E-state index contributed by atoms with van der Waals surface area (Å²) < 4.78 is 0. The Kier molecular flexibility index (Phi) is 7.40. The Morgan fingerprint density at radius 2 is 1.82 bits per heavy atom. The Morgan fingerprint density at radius 1 is 1.14 bits per heavy atom. The van der Waals surface area contributed by atoms with Gasteiger partial charge in [0, 0.05) is 6.54 Å². The van der Waals surface area contributed by atoms with Crippen molar-refractivity contribution in [1.82, 2.24) is 10.2 Å². The molecule has 122 valence electrons. The Morgan fingerprint density at radius 3 is 2.50 bits per heavy atom. The van der Waals surface area contributed by atoms with Crippen LogP contribution in [0.25, 0.3) is 0 Å². The summed E-state index contributed by atoms with van der Waals surface area (Å²) in [6.07, 6.45) is 5.70. The van der Waals surface area contributed by atoms with Crippen LogP contribution in [0.1, 0.15) is 50.2 Å². The van der Waals surface area contributed by atoms with Gasteiger partial charge in [0.25, 0.3) is 0 Å². The van der Waals surface area contributed by atoms with Gasteiger partial charge in [-0.3, -0.25) is 4.79 Å². The SMILES string of the molecule is O=C(CC(O)c1ccccc1)NCCCN1CCCCCC1. The van der Waals surface area contributed by atoms with Gasteiger partial charge in [0.05, 0.1) is 12.5 Å². The molecule has 1 atom stereocenters. The Balaban J connectivity index is 1.59. The fourth-order valence-corrected chi connectivity index (χ4v) is 2.93. The minimum Gasteiger partial charge on any atom is -0.388 e. The molecule has 1 saturated heterocycles. The Hall–Kier alpha value is -1.39. The molecule has 1 fully saturated rings. The molecular weight excluding hydrogens is 276 g/mol. The first-order valence-corrected chi connectivity index (χ1v) is 8.48. The predicted octanol–water partition coefficient (Wildman–Crippen LogP) is 2.49. The number of amides is 1. The number of nitrogens with one attached hydrogen (secondary N) is 1. The lowest BCUT2D eigenvalue weighted by Gasteiger charge is -2.19. The van der Waals surface area contributed by atoms with Gasteiger partial charge in [-0.05, 0) is 44.5 Å². The summed E-state index contributed by atoms with van der Waals surface area (Å²) in [4.78, 5) is 14.3. The molecule has 0 spiro atoms. The van der Waals surface area contributed by atoms with Gasteiger partial charge in [-0.2, -0.15) is 0 Å². The highest BCUT2D eigenvalue weighted by atomic mass is 16.3. The lowest BCUT2D eigenvalue weighted by atomic mass is 10.1. The zero-order chi connectivity index (χ0) is 15.6. The van der Waals surface area contributed by atoms with Crippen molar-refractivity contribution in [3.05, 3.63) is 35.9 Å². The topological polar surface area (TPSA) is 52.6 Å². The minimum atomic E-state index is -0.716. The van der Waals surface area contributed by atoms with Gasteiger partial charge in [0.2, 0.25) is 5.91 Å². The van der Waals surface area contributed by atoms with E-state index in [1.807, 2.05) is 30.3 Å². The molecule has 0 saturated carbocycles. The van der Waals surface area contributed by atoms with Gasteiger partial charge in [0.1, 0.15) is 0 Å². The predicted molar refractivity (Wildman–Crippen MR) is 88.6 cm³/mol. The van der Waals surface area contributed by atoms with Crippen molar-refractivity contribution in [1.29, 1.82) is 0 Å². The Labute approximate surface area is 133 Å². The van der Waals surface area contributed by atoms with Crippen LogP contribution in [0, 0.1) is 0 Å². The Bertz CT molecular complexity index is 428. The van der Waals surface area contributed by atoms with E-state index in [1.54, 1.807) is 0 Å². The standard InChI is InChI=1S/C18H28N2O2/c21-17(16-9-4-3-5-10-16)15-18(22)19-11-8-14-20-12-6-1-2-7-13-20/h3-5,9-10,17,21H,1-2,6-8,11-15H2,(H,19,22). The molecule has 1 aromatic rings. The number of rotatable bonds is 7. The number of hydrogen-bond donors (Lipinski definition) is 2. The summed E-state index contributed by atoms with van der Waals surface area (Å²) in [6.45, 7) is 4.14. The number of aliphatic hydroxyl groups is 1. The summed E-state index contributed by atoms with van der Waals surface area (Å²) in [7, 11) is 0. The number of benzene rings is 1. The second-order valence-electron chi connectivity index (χ2n) is 6.09. The first-order chi connectivity index (χ1) is 10.8. The maximum atomic E-state index is 11.8. The van der Waals surface area contributed by atoms with Crippen LogP contribution in [0.2, 0.25) is 0 Å². The zero-order valence-corrected chi connectivity index (χ0v) is 13.3. The highest BCUT2D eigenvalue weighted by Gasteiger charge is 2.12. The van der Waals surface area contributed by atoms with Crippen LogP contribution in [0.4, 0.5) is 0 Å². The van der Waals surface area contributed by atoms with Gasteiger partial charge in [-0.15, -0.1) is 0 Å². The lowest BCUT2D eigenvalue weighted by Crippen LogP contribution is -2.31. The van der Waals surface area contributed by atoms with E-state index in [1.165, 1.54) is 38.8 Å². The first-order valence-electron chi connectivity index (χ1n) is 8.48. The second kappa shape index (κ2) is 9.59. The van der Waals surface area contributed by atoms with E-state index in [4.69, 9.17) is 0 Å². The number of likely N-dealkylation sites (tertiary alicyclic amines) is 1. The van der Waals surface area contributed by atoms with Crippen LogP contribution in [-0.2, 0) is 4.79 Å². The van der Waals surface area contributed by atoms with Crippen molar-refractivity contribution in [2.75, 3.05) is 26.2 Å². The van der Waals surface area contributed by atoms with E-state index in [9.17, 15) is 9.90 Å². The number of carbonyl (C=O) groups is 1. The van der Waals surface area contributed by atoms with Crippen molar-refractivity contribution in [3.63, 3.8) is 0 Å². The van der Waals surface area contributed by atoms with Crippen LogP contribution in [0.3, 0.4) is 0 Å². The van der Waals surface area contributed by atoms with Gasteiger partial charge >= 0.3 is 0 Å². The maximum Gasteiger partial charge on any atom is 0.222 e. The van der Waals surface area contributed by atoms with Crippen LogP contribution >= 0.6 is 0 Å². The van der Waals surface area contributed by atoms with Crippen LogP contribution in [-0.4, -0.2) is 42.1 Å². The molecule has 0 radical (unpaired) electrons. The molecule has 4 heteroatoms. The molecule has 1 aliphatic heterocycles. The molecule has 1 aromatic carbocycles. The quantitative estimate of drug-likeness (QED) is 0.761. The molecule has 0 aromatic heterocycles. The molecule has 2 N–H and O–H groups in total. The van der Waals surface area contributed by atoms with E-state index in [0.29, 0.717) is 6.54 Å². The summed E-state index contributed by atoms with van der Waals surface area (Å²) in [5, 5.41) is 12.9. The number of nitrogens with zero attached hydrogens (tertiary/aromatic N) is 1. The van der Waals surface area contributed by atoms with Crippen molar-refractivity contribution < 1.29 is 9.90 Å². The molecule has 1 amide bonds. The maximum absolute atomic E-state index is 11.8. The lowest BCUT2D eigenvalue weighted by molar-refractivity contribution is -0.123. The van der Waals surface area contributed by atoms with Crippen LogP contribution in [0.15, 0.2) is 30.3 Å². The monoisotopic (exact) mass is 304 g/mol. The average Bonchev–Trinajstić information content (AvgIpc) is 2.81. The van der Waals surface area contributed by atoms with Crippen molar-refractivity contribution in [2.24, 2.45) is 0 Å². The molecule has 4 nitrogen and oxygen atoms in total. The van der Waals surface area contributed by atoms with Gasteiger partial charge in [-0.25, -0.2) is 0 Å². The molecular formula is C18H28N2O2. The molecule has 1 unspecified atom stereocenters. The fourth-order valence-electron chi connectivity index (χ4n) is 2.93. The van der Waals surface area contributed by atoms with E-state index >= 15 is 0 Å². The molecule has 1 heterocycles. The highest BCUT2D eigenvalue weighted by Crippen LogP contribution is 2.15. The minimum absolute atomic E-state index is 0.0766. The number of aliphatic hydroxyl groups excluding tert-OH is 1. The number of hydrogen-bond acceptors (Lipinski definition) is 3. The molecule has 22 heavy (non-hydrogen) atoms. The smallest absolute Gasteiger partial charge is 0.222 e. The zero-order valence-electron chi connectivity index (χ0n) is 13.3. The summed E-state index contributed by atoms with van der Waals surface area (Å²) in [5.74, 6) is -0.0766. The van der Waals surface area contributed by atoms with E-state index in [0.717, 1.165) is 18.5 Å². The van der Waals surface area contributed by atoms with E-state index < -0.39 is 6.10 Å². The third-order valence-corrected chi connectivity index (χ3v) is 4.24. The molecule has 1 aliphatic rings. The average molecular weight is 304 g/mol. The summed E-state index contributed by atoms with van der Waals surface area (Å²) in [5.41, 5.74) is 0.794. The summed E-state index contributed by atoms with van der Waals surface area (Å²) >= 11 is 0. The third kappa shape index (κ3) is 6.16. The molecule has 0 bridgehead atoms. The van der Waals surface area contributed by atoms with E-state index in [-0.39, 0.29) is 12.3 Å². The third-order valence-electron chi connectivity index (χ3n) is 4.24. The molecule has 0 aliphatic carbocycles. The van der Waals surface area contributed by atoms with Gasteiger partial charge < -0.3 is 15.3 Å². The first kappa shape index (κ1) is 17.0. The van der Waals surface area contributed by atoms with Crippen molar-refractivity contribution in [3.8, 4) is 0 Å². The largest absolute Gasteiger partial charge is 0.388 e. The normalized spacial score (nSPS) is 17.7. The molecule has 2 rings (SSSR count). The van der Waals surface area contributed by atoms with Crippen molar-refractivity contribution in [2.45, 2.75) is 44.6 Å². The second-order valence-corrected chi connectivity index (χ2v) is 6.09. The van der Waals surface area contributed by atoms with Gasteiger partial charge in [-0.1, -0.05) is 43.2 Å². The summed E-state index contributed by atoms with van der Waals surface area (Å²) in [6, 6.07) is 9.34. The highest BCUT2D eigenvalue weighted by molar-refractivity contribution is 5.76. The fraction of sp³-hybridized carbons (Fsp3) is 0.611. The van der Waals surface area contributed by atoms with Gasteiger partial charge in [0.15, 0.2) is 0 Å².